The third kappa shape index (κ3) is 3.43. The molecule has 1 aliphatic rings. The Morgan fingerprint density at radius 1 is 1.43 bits per heavy atom. The van der Waals surface area contributed by atoms with E-state index in [1.54, 1.807) is 18.5 Å². The van der Waals surface area contributed by atoms with Crippen LogP contribution in [-0.4, -0.2) is 33.7 Å². The van der Waals surface area contributed by atoms with Gasteiger partial charge in [-0.3, -0.25) is 9.78 Å². The summed E-state index contributed by atoms with van der Waals surface area (Å²) in [6, 6.07) is 3.64. The fraction of sp³-hybridized carbons (Fsp3) is 0.429. The van der Waals surface area contributed by atoms with E-state index in [-0.39, 0.29) is 18.6 Å². The zero-order chi connectivity index (χ0) is 14.5. The molecule has 0 aromatic carbocycles. The van der Waals surface area contributed by atoms with Gasteiger partial charge in [-0.1, -0.05) is 5.16 Å². The summed E-state index contributed by atoms with van der Waals surface area (Å²) in [5.74, 6) is 0.690. The SMILES string of the molecule is O=C(NCc1nc(-c2cccnc2)no1)[C@@H]1CCCCO1. The molecule has 2 aromatic heterocycles. The van der Waals surface area contributed by atoms with Crippen LogP contribution in [0.1, 0.15) is 25.2 Å². The average molecular weight is 288 g/mol. The summed E-state index contributed by atoms with van der Waals surface area (Å²) < 4.78 is 10.5. The van der Waals surface area contributed by atoms with Crippen molar-refractivity contribution < 1.29 is 14.1 Å². The Hall–Kier alpha value is -2.28. The van der Waals surface area contributed by atoms with Crippen LogP contribution < -0.4 is 5.32 Å². The molecular formula is C14H16N4O3. The summed E-state index contributed by atoms with van der Waals surface area (Å²) in [7, 11) is 0. The van der Waals surface area contributed by atoms with Gasteiger partial charge in [-0.05, 0) is 31.4 Å². The Labute approximate surface area is 121 Å². The van der Waals surface area contributed by atoms with E-state index < -0.39 is 0 Å². The fourth-order valence-electron chi connectivity index (χ4n) is 2.16. The molecule has 1 fully saturated rings. The van der Waals surface area contributed by atoms with Gasteiger partial charge in [0, 0.05) is 24.6 Å². The molecule has 0 saturated carbocycles. The van der Waals surface area contributed by atoms with Crippen LogP contribution >= 0.6 is 0 Å². The van der Waals surface area contributed by atoms with Gasteiger partial charge in [0.15, 0.2) is 0 Å². The van der Waals surface area contributed by atoms with Gasteiger partial charge >= 0.3 is 0 Å². The predicted molar refractivity (Wildman–Crippen MR) is 73.0 cm³/mol. The summed E-state index contributed by atoms with van der Waals surface area (Å²) in [6.07, 6.45) is 5.76. The van der Waals surface area contributed by atoms with E-state index in [0.717, 1.165) is 24.8 Å². The van der Waals surface area contributed by atoms with Crippen molar-refractivity contribution in [3.8, 4) is 11.4 Å². The normalized spacial score (nSPS) is 18.4. The molecule has 1 aliphatic heterocycles. The summed E-state index contributed by atoms with van der Waals surface area (Å²) in [5, 5.41) is 6.63. The van der Waals surface area contributed by atoms with E-state index in [9.17, 15) is 4.79 Å². The third-order valence-corrected chi connectivity index (χ3v) is 3.27. The summed E-state index contributed by atoms with van der Waals surface area (Å²) in [4.78, 5) is 20.1. The van der Waals surface area contributed by atoms with Crippen LogP contribution in [0, 0.1) is 0 Å². The topological polar surface area (TPSA) is 90.1 Å². The number of rotatable bonds is 4. The number of nitrogens with zero attached hydrogens (tertiary/aromatic N) is 3. The van der Waals surface area contributed by atoms with Crippen molar-refractivity contribution in [2.24, 2.45) is 0 Å². The Morgan fingerprint density at radius 3 is 3.14 bits per heavy atom. The van der Waals surface area contributed by atoms with Crippen LogP contribution in [0.15, 0.2) is 29.0 Å². The molecule has 1 atom stereocenters. The van der Waals surface area contributed by atoms with Crippen molar-refractivity contribution >= 4 is 5.91 Å². The van der Waals surface area contributed by atoms with Gasteiger partial charge in [0.25, 0.3) is 0 Å². The first-order valence-corrected chi connectivity index (χ1v) is 6.95. The van der Waals surface area contributed by atoms with Gasteiger partial charge in [-0.25, -0.2) is 0 Å². The molecule has 2 aromatic rings. The maximum Gasteiger partial charge on any atom is 0.249 e. The van der Waals surface area contributed by atoms with Crippen molar-refractivity contribution in [3.63, 3.8) is 0 Å². The summed E-state index contributed by atoms with van der Waals surface area (Å²) in [6.45, 7) is 0.843. The Bertz CT molecular complexity index is 593. The third-order valence-electron chi connectivity index (χ3n) is 3.27. The molecule has 3 heterocycles. The number of hydrogen-bond donors (Lipinski definition) is 1. The molecule has 0 bridgehead atoms. The number of carbonyl (C=O) groups is 1. The Balaban J connectivity index is 1.56. The molecule has 21 heavy (non-hydrogen) atoms. The van der Waals surface area contributed by atoms with E-state index in [0.29, 0.717) is 18.3 Å². The standard InChI is InChI=1S/C14H16N4O3/c19-14(11-5-1-2-7-20-11)16-9-12-17-13(18-21-12)10-4-3-6-15-8-10/h3-4,6,8,11H,1-2,5,7,9H2,(H,16,19)/t11-/m0/s1. The van der Waals surface area contributed by atoms with E-state index >= 15 is 0 Å². The Kier molecular flexibility index (Phi) is 4.20. The number of ether oxygens (including phenoxy) is 1. The lowest BCUT2D eigenvalue weighted by Gasteiger charge is -2.21. The molecule has 0 aliphatic carbocycles. The number of pyridine rings is 1. The zero-order valence-electron chi connectivity index (χ0n) is 11.5. The van der Waals surface area contributed by atoms with Gasteiger partial charge in [0.05, 0.1) is 6.54 Å². The molecule has 1 saturated heterocycles. The number of amides is 1. The van der Waals surface area contributed by atoms with Gasteiger partial charge in [0.1, 0.15) is 6.10 Å². The van der Waals surface area contributed by atoms with Crippen LogP contribution in [0.25, 0.3) is 11.4 Å². The lowest BCUT2D eigenvalue weighted by molar-refractivity contribution is -0.135. The fourth-order valence-corrected chi connectivity index (χ4v) is 2.16. The molecular weight excluding hydrogens is 272 g/mol. The minimum Gasteiger partial charge on any atom is -0.368 e. The maximum atomic E-state index is 11.9. The lowest BCUT2D eigenvalue weighted by Crippen LogP contribution is -2.38. The molecule has 7 nitrogen and oxygen atoms in total. The largest absolute Gasteiger partial charge is 0.368 e. The summed E-state index contributed by atoms with van der Waals surface area (Å²) in [5.41, 5.74) is 0.773. The predicted octanol–water partition coefficient (Wildman–Crippen LogP) is 1.32. The number of nitrogens with one attached hydrogen (secondary N) is 1. The van der Waals surface area contributed by atoms with Gasteiger partial charge in [-0.15, -0.1) is 0 Å². The maximum absolute atomic E-state index is 11.9. The molecule has 3 rings (SSSR count). The molecule has 0 spiro atoms. The van der Waals surface area contributed by atoms with Crippen molar-refractivity contribution in [2.75, 3.05) is 6.61 Å². The van der Waals surface area contributed by atoms with Crippen LogP contribution in [-0.2, 0) is 16.1 Å². The number of aromatic nitrogens is 3. The van der Waals surface area contributed by atoms with Gasteiger partial charge in [-0.2, -0.15) is 4.98 Å². The second-order valence-corrected chi connectivity index (χ2v) is 4.83. The molecule has 110 valence electrons. The molecule has 0 unspecified atom stereocenters. The van der Waals surface area contributed by atoms with Crippen molar-refractivity contribution in [1.29, 1.82) is 0 Å². The first-order chi connectivity index (χ1) is 10.3. The molecule has 7 heteroatoms. The van der Waals surface area contributed by atoms with Crippen LogP contribution in [0.3, 0.4) is 0 Å². The highest BCUT2D eigenvalue weighted by atomic mass is 16.5. The highest BCUT2D eigenvalue weighted by molar-refractivity contribution is 5.80. The van der Waals surface area contributed by atoms with Crippen molar-refractivity contribution in [1.82, 2.24) is 20.4 Å². The Morgan fingerprint density at radius 2 is 2.38 bits per heavy atom. The second-order valence-electron chi connectivity index (χ2n) is 4.83. The summed E-state index contributed by atoms with van der Waals surface area (Å²) >= 11 is 0. The monoisotopic (exact) mass is 288 g/mol. The highest BCUT2D eigenvalue weighted by Crippen LogP contribution is 2.14. The van der Waals surface area contributed by atoms with E-state index in [1.165, 1.54) is 0 Å². The minimum atomic E-state index is -0.362. The minimum absolute atomic E-state index is 0.129. The van der Waals surface area contributed by atoms with Crippen molar-refractivity contribution in [2.45, 2.75) is 31.9 Å². The van der Waals surface area contributed by atoms with Gasteiger partial charge in [0.2, 0.25) is 17.6 Å². The quantitative estimate of drug-likeness (QED) is 0.912. The van der Waals surface area contributed by atoms with E-state index in [2.05, 4.69) is 20.4 Å². The van der Waals surface area contributed by atoms with E-state index in [1.807, 2.05) is 6.07 Å². The zero-order valence-corrected chi connectivity index (χ0v) is 11.5. The van der Waals surface area contributed by atoms with Gasteiger partial charge < -0.3 is 14.6 Å². The van der Waals surface area contributed by atoms with Crippen LogP contribution in [0.2, 0.25) is 0 Å². The second kappa shape index (κ2) is 6.45. The molecule has 0 radical (unpaired) electrons. The number of carbonyl (C=O) groups excluding carboxylic acids is 1. The van der Waals surface area contributed by atoms with E-state index in [4.69, 9.17) is 9.26 Å². The highest BCUT2D eigenvalue weighted by Gasteiger charge is 2.22. The smallest absolute Gasteiger partial charge is 0.249 e. The van der Waals surface area contributed by atoms with Crippen LogP contribution in [0.5, 0.6) is 0 Å². The van der Waals surface area contributed by atoms with Crippen LogP contribution in [0.4, 0.5) is 0 Å². The lowest BCUT2D eigenvalue weighted by atomic mass is 10.1. The van der Waals surface area contributed by atoms with Crippen molar-refractivity contribution in [3.05, 3.63) is 30.4 Å². The first kappa shape index (κ1) is 13.7. The molecule has 1 N–H and O–H groups in total. The molecule has 1 amide bonds. The first-order valence-electron chi connectivity index (χ1n) is 6.95. The number of hydrogen-bond acceptors (Lipinski definition) is 6. The average Bonchev–Trinajstić information content (AvgIpc) is 3.03.